The van der Waals surface area contributed by atoms with Crippen molar-refractivity contribution >= 4 is 0 Å². The fourth-order valence-electron chi connectivity index (χ4n) is 3.15. The van der Waals surface area contributed by atoms with Crippen LogP contribution >= 0.6 is 0 Å². The average Bonchev–Trinajstić information content (AvgIpc) is 2.77. The molecule has 0 spiro atoms. The van der Waals surface area contributed by atoms with Crippen LogP contribution in [0.3, 0.4) is 0 Å². The summed E-state index contributed by atoms with van der Waals surface area (Å²) < 4.78 is 0. The molecule has 2 rings (SSSR count). The maximum absolute atomic E-state index is 2.66. The molecule has 18 heavy (non-hydrogen) atoms. The predicted molar refractivity (Wildman–Crippen MR) is 78.9 cm³/mol. The van der Waals surface area contributed by atoms with Gasteiger partial charge in [0.2, 0.25) is 0 Å². The van der Waals surface area contributed by atoms with E-state index in [2.05, 4.69) is 49.1 Å². The Hall–Kier alpha value is -0.820. The van der Waals surface area contributed by atoms with E-state index in [1.165, 1.54) is 50.9 Å². The largest absolute Gasteiger partial charge is 0.302 e. The summed E-state index contributed by atoms with van der Waals surface area (Å²) in [6, 6.07) is 11.0. The fourth-order valence-corrected chi connectivity index (χ4v) is 3.15. The number of nitrogens with zero attached hydrogens (tertiary/aromatic N) is 1. The Bertz CT molecular complexity index is 333. The van der Waals surface area contributed by atoms with Gasteiger partial charge >= 0.3 is 0 Å². The monoisotopic (exact) mass is 245 g/mol. The van der Waals surface area contributed by atoms with E-state index in [-0.39, 0.29) is 0 Å². The Morgan fingerprint density at radius 3 is 2.56 bits per heavy atom. The van der Waals surface area contributed by atoms with Gasteiger partial charge in [0.15, 0.2) is 0 Å². The van der Waals surface area contributed by atoms with Crippen LogP contribution < -0.4 is 0 Å². The normalized spacial score (nSPS) is 24.6. The van der Waals surface area contributed by atoms with E-state index >= 15 is 0 Å². The van der Waals surface area contributed by atoms with Gasteiger partial charge in [-0.1, -0.05) is 63.4 Å². The van der Waals surface area contributed by atoms with Crippen molar-refractivity contribution in [2.75, 3.05) is 19.6 Å². The van der Waals surface area contributed by atoms with Crippen LogP contribution in [0.25, 0.3) is 0 Å². The molecule has 0 N–H and O–H groups in total. The number of hydrogen-bond donors (Lipinski definition) is 0. The van der Waals surface area contributed by atoms with Crippen LogP contribution in [-0.2, 0) is 0 Å². The summed E-state index contributed by atoms with van der Waals surface area (Å²) in [5.41, 5.74) is 1.53. The highest BCUT2D eigenvalue weighted by molar-refractivity contribution is 5.22. The Kier molecular flexibility index (Phi) is 5.25. The summed E-state index contributed by atoms with van der Waals surface area (Å²) in [7, 11) is 0. The predicted octanol–water partition coefficient (Wildman–Crippen LogP) is 4.30. The lowest BCUT2D eigenvalue weighted by Crippen LogP contribution is -2.21. The van der Waals surface area contributed by atoms with Crippen molar-refractivity contribution in [2.45, 2.75) is 45.4 Å². The van der Waals surface area contributed by atoms with Crippen LogP contribution in [0.1, 0.15) is 51.0 Å². The van der Waals surface area contributed by atoms with E-state index in [0.29, 0.717) is 0 Å². The summed E-state index contributed by atoms with van der Waals surface area (Å²) in [4.78, 5) is 2.66. The van der Waals surface area contributed by atoms with Crippen molar-refractivity contribution in [3.8, 4) is 0 Å². The molecule has 1 aromatic rings. The van der Waals surface area contributed by atoms with Gasteiger partial charge in [0.25, 0.3) is 0 Å². The molecule has 2 atom stereocenters. The first-order chi connectivity index (χ1) is 8.81. The maximum Gasteiger partial charge on any atom is 0.00534 e. The Balaban J connectivity index is 1.82. The van der Waals surface area contributed by atoms with E-state index < -0.39 is 0 Å². The third-order valence-corrected chi connectivity index (χ3v) is 4.24. The first kappa shape index (κ1) is 13.6. The minimum atomic E-state index is 0.748. The zero-order valence-electron chi connectivity index (χ0n) is 11.9. The number of unbranched alkanes of at least 4 members (excludes halogenated alkanes) is 3. The molecule has 1 aliphatic rings. The van der Waals surface area contributed by atoms with E-state index in [1.807, 2.05) is 0 Å². The summed E-state index contributed by atoms with van der Waals surface area (Å²) in [5, 5.41) is 0. The molecule has 1 saturated heterocycles. The molecule has 1 nitrogen and oxygen atoms in total. The summed E-state index contributed by atoms with van der Waals surface area (Å²) in [6.07, 6.45) is 5.51. The molecule has 1 aromatic carbocycles. The van der Waals surface area contributed by atoms with Crippen molar-refractivity contribution in [1.82, 2.24) is 4.90 Å². The van der Waals surface area contributed by atoms with Gasteiger partial charge in [0.05, 0.1) is 0 Å². The van der Waals surface area contributed by atoms with E-state index in [9.17, 15) is 0 Å². The van der Waals surface area contributed by atoms with Gasteiger partial charge in [0, 0.05) is 19.0 Å². The molecule has 0 aromatic heterocycles. The van der Waals surface area contributed by atoms with E-state index in [1.54, 1.807) is 0 Å². The average molecular weight is 245 g/mol. The Morgan fingerprint density at radius 1 is 1.06 bits per heavy atom. The summed E-state index contributed by atoms with van der Waals surface area (Å²) in [5.74, 6) is 1.55. The van der Waals surface area contributed by atoms with Crippen LogP contribution in [0.2, 0.25) is 0 Å². The van der Waals surface area contributed by atoms with Gasteiger partial charge in [-0.25, -0.2) is 0 Å². The van der Waals surface area contributed by atoms with Crippen molar-refractivity contribution in [2.24, 2.45) is 5.92 Å². The zero-order chi connectivity index (χ0) is 12.8. The van der Waals surface area contributed by atoms with Crippen molar-refractivity contribution in [1.29, 1.82) is 0 Å². The van der Waals surface area contributed by atoms with Gasteiger partial charge in [-0.3, -0.25) is 0 Å². The van der Waals surface area contributed by atoms with Gasteiger partial charge in [-0.15, -0.1) is 0 Å². The van der Waals surface area contributed by atoms with Crippen LogP contribution in [0.15, 0.2) is 30.3 Å². The van der Waals surface area contributed by atoms with Crippen LogP contribution in [0.5, 0.6) is 0 Å². The molecule has 2 unspecified atom stereocenters. The maximum atomic E-state index is 2.66. The quantitative estimate of drug-likeness (QED) is 0.675. The molecule has 0 bridgehead atoms. The number of hydrogen-bond acceptors (Lipinski definition) is 1. The van der Waals surface area contributed by atoms with E-state index in [0.717, 1.165) is 11.8 Å². The SMILES string of the molecule is CCCCCCN1CC(C)C(c2ccccc2)C1. The molecule has 0 saturated carbocycles. The first-order valence-corrected chi connectivity index (χ1v) is 7.58. The van der Waals surface area contributed by atoms with Crippen LogP contribution in [-0.4, -0.2) is 24.5 Å². The second-order valence-electron chi connectivity index (χ2n) is 5.81. The third-order valence-electron chi connectivity index (χ3n) is 4.24. The minimum absolute atomic E-state index is 0.748. The van der Waals surface area contributed by atoms with Gasteiger partial charge < -0.3 is 4.90 Å². The van der Waals surface area contributed by atoms with Crippen molar-refractivity contribution in [3.05, 3.63) is 35.9 Å². The minimum Gasteiger partial charge on any atom is -0.302 e. The highest BCUT2D eigenvalue weighted by Gasteiger charge is 2.29. The molecule has 1 aliphatic heterocycles. The lowest BCUT2D eigenvalue weighted by Gasteiger charge is -2.16. The lowest BCUT2D eigenvalue weighted by molar-refractivity contribution is 0.317. The van der Waals surface area contributed by atoms with Crippen molar-refractivity contribution < 1.29 is 0 Å². The molecule has 0 aliphatic carbocycles. The standard InChI is InChI=1S/C17H27N/c1-3-4-5-9-12-18-13-15(2)17(14-18)16-10-7-6-8-11-16/h6-8,10-11,15,17H,3-5,9,12-14H2,1-2H3. The summed E-state index contributed by atoms with van der Waals surface area (Å²) in [6.45, 7) is 8.53. The summed E-state index contributed by atoms with van der Waals surface area (Å²) >= 11 is 0. The van der Waals surface area contributed by atoms with Gasteiger partial charge in [-0.2, -0.15) is 0 Å². The van der Waals surface area contributed by atoms with Crippen LogP contribution in [0, 0.1) is 5.92 Å². The Labute approximate surface area is 112 Å². The van der Waals surface area contributed by atoms with Gasteiger partial charge in [0.1, 0.15) is 0 Å². The third kappa shape index (κ3) is 3.58. The highest BCUT2D eigenvalue weighted by atomic mass is 15.1. The van der Waals surface area contributed by atoms with Crippen molar-refractivity contribution in [3.63, 3.8) is 0 Å². The molecule has 0 radical (unpaired) electrons. The fraction of sp³-hybridized carbons (Fsp3) is 0.647. The van der Waals surface area contributed by atoms with Crippen LogP contribution in [0.4, 0.5) is 0 Å². The van der Waals surface area contributed by atoms with Gasteiger partial charge in [-0.05, 0) is 24.4 Å². The molecular weight excluding hydrogens is 218 g/mol. The second kappa shape index (κ2) is 6.94. The molecule has 1 fully saturated rings. The molecule has 1 heteroatoms. The molecule has 0 amide bonds. The smallest absolute Gasteiger partial charge is 0.00534 e. The Morgan fingerprint density at radius 2 is 1.83 bits per heavy atom. The zero-order valence-corrected chi connectivity index (χ0v) is 11.9. The second-order valence-corrected chi connectivity index (χ2v) is 5.81. The van der Waals surface area contributed by atoms with E-state index in [4.69, 9.17) is 0 Å². The lowest BCUT2D eigenvalue weighted by atomic mass is 9.90. The number of benzene rings is 1. The number of rotatable bonds is 6. The highest BCUT2D eigenvalue weighted by Crippen LogP contribution is 2.32. The molecule has 100 valence electrons. The number of likely N-dealkylation sites (tertiary alicyclic amines) is 1. The molecular formula is C17H27N. The molecule has 1 heterocycles. The first-order valence-electron chi connectivity index (χ1n) is 7.58. The topological polar surface area (TPSA) is 3.24 Å².